The van der Waals surface area contributed by atoms with Crippen molar-refractivity contribution in [1.29, 1.82) is 0 Å². The van der Waals surface area contributed by atoms with E-state index >= 15 is 0 Å². The van der Waals surface area contributed by atoms with E-state index in [-0.39, 0.29) is 11.2 Å². The number of nitrogens with zero attached hydrogens (tertiary/aromatic N) is 4. The Kier molecular flexibility index (Phi) is 6.10. The Hall–Kier alpha value is -2.86. The third-order valence-corrected chi connectivity index (χ3v) is 6.25. The largest absolute Gasteiger partial charge is 0.341 e. The van der Waals surface area contributed by atoms with Gasteiger partial charge in [-0.1, -0.05) is 78.5 Å². The normalized spacial score (nSPS) is 14.7. The van der Waals surface area contributed by atoms with Crippen LogP contribution in [0.4, 0.5) is 0 Å². The summed E-state index contributed by atoms with van der Waals surface area (Å²) in [5, 5.41) is 9.26. The Balaban J connectivity index is 1.69. The van der Waals surface area contributed by atoms with Crippen LogP contribution in [0.15, 0.2) is 78.5 Å². The lowest BCUT2D eigenvalue weighted by Gasteiger charge is -2.23. The summed E-state index contributed by atoms with van der Waals surface area (Å²) in [5.74, 6) is 0.932. The Bertz CT molecular complexity index is 965. The second-order valence-electron chi connectivity index (χ2n) is 7.01. The second-order valence-corrected chi connectivity index (χ2v) is 8.08. The minimum Gasteiger partial charge on any atom is -0.341 e. The van der Waals surface area contributed by atoms with Gasteiger partial charge in [0, 0.05) is 25.2 Å². The first-order valence-electron chi connectivity index (χ1n) is 9.88. The zero-order valence-corrected chi connectivity index (χ0v) is 17.1. The van der Waals surface area contributed by atoms with Crippen LogP contribution in [0.25, 0.3) is 11.4 Å². The number of rotatable bonds is 7. The van der Waals surface area contributed by atoms with Gasteiger partial charge in [-0.25, -0.2) is 0 Å². The summed E-state index contributed by atoms with van der Waals surface area (Å²) in [6, 6.07) is 19.9. The molecule has 0 aliphatic carbocycles. The van der Waals surface area contributed by atoms with Crippen LogP contribution in [-0.4, -0.2) is 38.7 Å². The summed E-state index contributed by atoms with van der Waals surface area (Å²) in [5.41, 5.74) is 1.99. The Morgan fingerprint density at radius 2 is 1.69 bits per heavy atom. The lowest BCUT2D eigenvalue weighted by Crippen LogP contribution is -2.31. The average Bonchev–Trinajstić information content (AvgIpc) is 3.44. The third kappa shape index (κ3) is 4.27. The molecule has 0 unspecified atom stereocenters. The monoisotopic (exact) mass is 404 g/mol. The molecule has 1 saturated heterocycles. The topological polar surface area (TPSA) is 51.0 Å². The first-order valence-corrected chi connectivity index (χ1v) is 10.8. The lowest BCUT2D eigenvalue weighted by atomic mass is 10.1. The van der Waals surface area contributed by atoms with Crippen LogP contribution < -0.4 is 0 Å². The molecule has 4 rings (SSSR count). The maximum absolute atomic E-state index is 13.3. The number of allylic oxidation sites excluding steroid dienone is 1. The van der Waals surface area contributed by atoms with Gasteiger partial charge < -0.3 is 4.90 Å². The predicted molar refractivity (Wildman–Crippen MR) is 117 cm³/mol. The number of benzene rings is 2. The van der Waals surface area contributed by atoms with E-state index in [0.717, 1.165) is 48.0 Å². The number of carbonyl (C=O) groups excluding carboxylic acids is 1. The summed E-state index contributed by atoms with van der Waals surface area (Å²) >= 11 is 1.47. The van der Waals surface area contributed by atoms with Crippen LogP contribution in [0.3, 0.4) is 0 Å². The van der Waals surface area contributed by atoms with Crippen LogP contribution >= 0.6 is 11.8 Å². The first kappa shape index (κ1) is 19.5. The molecule has 0 spiro atoms. The Labute approximate surface area is 175 Å². The van der Waals surface area contributed by atoms with Crippen molar-refractivity contribution in [3.8, 4) is 11.4 Å². The molecule has 1 amide bonds. The molecule has 1 aromatic heterocycles. The SMILES string of the molecule is C=CCn1c(S[C@H](C(=O)N2CCCC2)c2ccccc2)nnc1-c1ccccc1. The van der Waals surface area contributed by atoms with E-state index in [1.807, 2.05) is 76.2 Å². The molecule has 1 fully saturated rings. The first-order chi connectivity index (χ1) is 14.3. The molecular formula is C23H24N4OS. The number of aromatic nitrogens is 3. The maximum atomic E-state index is 13.3. The molecule has 148 valence electrons. The van der Waals surface area contributed by atoms with Gasteiger partial charge in [-0.3, -0.25) is 9.36 Å². The minimum atomic E-state index is -0.342. The Morgan fingerprint density at radius 1 is 1.03 bits per heavy atom. The van der Waals surface area contributed by atoms with E-state index in [4.69, 9.17) is 0 Å². The predicted octanol–water partition coefficient (Wildman–Crippen LogP) is 4.59. The van der Waals surface area contributed by atoms with Crippen molar-refractivity contribution in [3.05, 3.63) is 78.9 Å². The van der Waals surface area contributed by atoms with Crippen molar-refractivity contribution < 1.29 is 4.79 Å². The number of amides is 1. The molecule has 1 aliphatic rings. The van der Waals surface area contributed by atoms with Gasteiger partial charge in [0.2, 0.25) is 5.91 Å². The van der Waals surface area contributed by atoms with Crippen molar-refractivity contribution in [2.75, 3.05) is 13.1 Å². The highest BCUT2D eigenvalue weighted by Crippen LogP contribution is 2.38. The van der Waals surface area contributed by atoms with Crippen molar-refractivity contribution >= 4 is 17.7 Å². The van der Waals surface area contributed by atoms with E-state index < -0.39 is 0 Å². The van der Waals surface area contributed by atoms with Crippen molar-refractivity contribution in [1.82, 2.24) is 19.7 Å². The van der Waals surface area contributed by atoms with Gasteiger partial charge in [0.1, 0.15) is 5.25 Å². The summed E-state index contributed by atoms with van der Waals surface area (Å²) in [6.07, 6.45) is 3.98. The van der Waals surface area contributed by atoms with Gasteiger partial charge >= 0.3 is 0 Å². The maximum Gasteiger partial charge on any atom is 0.240 e. The van der Waals surface area contributed by atoms with E-state index in [9.17, 15) is 4.79 Å². The van der Waals surface area contributed by atoms with Gasteiger partial charge in [0.15, 0.2) is 11.0 Å². The molecule has 0 N–H and O–H groups in total. The highest BCUT2D eigenvalue weighted by Gasteiger charge is 2.30. The van der Waals surface area contributed by atoms with Gasteiger partial charge in [-0.05, 0) is 18.4 Å². The summed E-state index contributed by atoms with van der Waals surface area (Å²) in [4.78, 5) is 15.3. The van der Waals surface area contributed by atoms with E-state index in [1.165, 1.54) is 11.8 Å². The third-order valence-electron chi connectivity index (χ3n) is 5.03. The number of carbonyl (C=O) groups is 1. The van der Waals surface area contributed by atoms with Crippen molar-refractivity contribution in [2.45, 2.75) is 29.8 Å². The van der Waals surface area contributed by atoms with Crippen LogP contribution in [0.5, 0.6) is 0 Å². The van der Waals surface area contributed by atoms with Crippen LogP contribution in [0.2, 0.25) is 0 Å². The van der Waals surface area contributed by atoms with E-state index in [2.05, 4.69) is 16.8 Å². The molecule has 0 saturated carbocycles. The second kappa shape index (κ2) is 9.09. The fourth-order valence-corrected chi connectivity index (χ4v) is 4.70. The van der Waals surface area contributed by atoms with Crippen LogP contribution in [0, 0.1) is 0 Å². The molecular weight excluding hydrogens is 380 g/mol. The molecule has 1 aliphatic heterocycles. The van der Waals surface area contributed by atoms with Crippen molar-refractivity contribution in [2.24, 2.45) is 0 Å². The molecule has 1 atom stereocenters. The lowest BCUT2D eigenvalue weighted by molar-refractivity contribution is -0.129. The van der Waals surface area contributed by atoms with Gasteiger partial charge in [-0.2, -0.15) is 0 Å². The standard InChI is InChI=1S/C23H24N4OS/c1-2-15-27-21(19-13-7-4-8-14-19)24-25-23(27)29-20(18-11-5-3-6-12-18)22(28)26-16-9-10-17-26/h2-8,11-14,20H,1,9-10,15-17H2/t20-/m0/s1. The van der Waals surface area contributed by atoms with E-state index in [0.29, 0.717) is 6.54 Å². The fourth-order valence-electron chi connectivity index (χ4n) is 3.57. The number of thioether (sulfide) groups is 1. The van der Waals surface area contributed by atoms with Crippen molar-refractivity contribution in [3.63, 3.8) is 0 Å². The highest BCUT2D eigenvalue weighted by atomic mass is 32.2. The highest BCUT2D eigenvalue weighted by molar-refractivity contribution is 8.00. The number of likely N-dealkylation sites (tertiary alicyclic amines) is 1. The molecule has 29 heavy (non-hydrogen) atoms. The van der Waals surface area contributed by atoms with Gasteiger partial charge in [0.25, 0.3) is 0 Å². The molecule has 2 aromatic carbocycles. The van der Waals surface area contributed by atoms with Crippen LogP contribution in [-0.2, 0) is 11.3 Å². The number of hydrogen-bond donors (Lipinski definition) is 0. The molecule has 0 bridgehead atoms. The number of hydrogen-bond acceptors (Lipinski definition) is 4. The van der Waals surface area contributed by atoms with E-state index in [1.54, 1.807) is 0 Å². The summed E-state index contributed by atoms with van der Waals surface area (Å²) in [6.45, 7) is 6.13. The summed E-state index contributed by atoms with van der Waals surface area (Å²) < 4.78 is 2.03. The molecule has 6 heteroatoms. The minimum absolute atomic E-state index is 0.146. The average molecular weight is 405 g/mol. The zero-order valence-electron chi connectivity index (χ0n) is 16.3. The zero-order chi connectivity index (χ0) is 20.1. The molecule has 0 radical (unpaired) electrons. The quantitative estimate of drug-likeness (QED) is 0.427. The van der Waals surface area contributed by atoms with Gasteiger partial charge in [-0.15, -0.1) is 16.8 Å². The smallest absolute Gasteiger partial charge is 0.240 e. The molecule has 3 aromatic rings. The molecule has 5 nitrogen and oxygen atoms in total. The van der Waals surface area contributed by atoms with Gasteiger partial charge in [0.05, 0.1) is 0 Å². The Morgan fingerprint density at radius 3 is 2.34 bits per heavy atom. The fraction of sp³-hybridized carbons (Fsp3) is 0.261. The molecule has 2 heterocycles. The summed E-state index contributed by atoms with van der Waals surface area (Å²) in [7, 11) is 0. The van der Waals surface area contributed by atoms with Crippen LogP contribution in [0.1, 0.15) is 23.7 Å².